The summed E-state index contributed by atoms with van der Waals surface area (Å²) < 4.78 is 27.6. The van der Waals surface area contributed by atoms with Crippen LogP contribution in [-0.4, -0.2) is 18.4 Å². The number of benzene rings is 2. The molecule has 6 heteroatoms. The predicted molar refractivity (Wildman–Crippen MR) is 86.3 cm³/mol. The minimum Gasteiger partial charge on any atom is -0.280 e. The first kappa shape index (κ1) is 14.5. The molecule has 0 fully saturated rings. The Labute approximate surface area is 129 Å². The topological polar surface area (TPSA) is 72.0 Å². The third-order valence-electron chi connectivity index (χ3n) is 3.34. The molecule has 5 nitrogen and oxygen atoms in total. The molecule has 0 radical (unpaired) electrons. The Bertz CT molecular complexity index is 953. The van der Waals surface area contributed by atoms with Gasteiger partial charge in [-0.3, -0.25) is 14.7 Å². The summed E-state index contributed by atoms with van der Waals surface area (Å²) in [5, 5.41) is 0. The minimum atomic E-state index is -3.63. The second-order valence-corrected chi connectivity index (χ2v) is 6.79. The van der Waals surface area contributed by atoms with Gasteiger partial charge in [0.15, 0.2) is 0 Å². The van der Waals surface area contributed by atoms with Crippen molar-refractivity contribution in [1.82, 2.24) is 9.97 Å². The highest BCUT2D eigenvalue weighted by Crippen LogP contribution is 2.22. The molecule has 0 amide bonds. The van der Waals surface area contributed by atoms with Gasteiger partial charge in [0.25, 0.3) is 10.0 Å². The van der Waals surface area contributed by atoms with Crippen molar-refractivity contribution in [2.24, 2.45) is 0 Å². The Morgan fingerprint density at radius 2 is 1.64 bits per heavy atom. The summed E-state index contributed by atoms with van der Waals surface area (Å²) in [6, 6.07) is 10.3. The van der Waals surface area contributed by atoms with E-state index in [4.69, 9.17) is 0 Å². The second kappa shape index (κ2) is 5.38. The van der Waals surface area contributed by atoms with Crippen molar-refractivity contribution in [3.8, 4) is 0 Å². The monoisotopic (exact) mass is 313 g/mol. The van der Waals surface area contributed by atoms with E-state index in [0.717, 1.165) is 11.1 Å². The van der Waals surface area contributed by atoms with Crippen molar-refractivity contribution in [3.05, 3.63) is 59.9 Å². The first-order valence-electron chi connectivity index (χ1n) is 6.76. The molecule has 0 saturated heterocycles. The van der Waals surface area contributed by atoms with E-state index in [9.17, 15) is 8.42 Å². The third kappa shape index (κ3) is 2.78. The molecule has 22 heavy (non-hydrogen) atoms. The molecule has 112 valence electrons. The number of rotatable bonds is 3. The van der Waals surface area contributed by atoms with E-state index in [2.05, 4.69) is 14.7 Å². The van der Waals surface area contributed by atoms with E-state index in [0.29, 0.717) is 16.8 Å². The molecule has 0 bridgehead atoms. The summed E-state index contributed by atoms with van der Waals surface area (Å²) in [4.78, 5) is 8.61. The molecule has 3 rings (SSSR count). The number of anilines is 1. The van der Waals surface area contributed by atoms with E-state index in [1.807, 2.05) is 13.0 Å². The van der Waals surface area contributed by atoms with Crippen LogP contribution in [0.2, 0.25) is 0 Å². The number of nitrogens with one attached hydrogen (secondary N) is 1. The van der Waals surface area contributed by atoms with Crippen LogP contribution in [0.15, 0.2) is 53.7 Å². The average Bonchev–Trinajstić information content (AvgIpc) is 2.46. The van der Waals surface area contributed by atoms with Crippen LogP contribution in [0.1, 0.15) is 11.1 Å². The highest BCUT2D eigenvalue weighted by molar-refractivity contribution is 7.92. The van der Waals surface area contributed by atoms with E-state index in [-0.39, 0.29) is 4.90 Å². The fourth-order valence-electron chi connectivity index (χ4n) is 2.34. The zero-order valence-corrected chi connectivity index (χ0v) is 13.1. The lowest BCUT2D eigenvalue weighted by atomic mass is 10.2. The van der Waals surface area contributed by atoms with Crippen molar-refractivity contribution < 1.29 is 8.42 Å². The van der Waals surface area contributed by atoms with Crippen LogP contribution < -0.4 is 4.72 Å². The first-order chi connectivity index (χ1) is 10.5. The summed E-state index contributed by atoms with van der Waals surface area (Å²) >= 11 is 0. The standard InChI is InChI=1S/C16H15N3O2S/c1-11-3-6-16(12(2)9-11)22(20,21)19-13-4-5-14-15(10-13)18-8-7-17-14/h3-10,19H,1-2H3. The molecule has 0 unspecified atom stereocenters. The molecule has 1 N–H and O–H groups in total. The van der Waals surface area contributed by atoms with Gasteiger partial charge in [0.05, 0.1) is 21.6 Å². The van der Waals surface area contributed by atoms with Crippen LogP contribution in [0.5, 0.6) is 0 Å². The molecule has 0 saturated carbocycles. The van der Waals surface area contributed by atoms with Crippen LogP contribution in [0.25, 0.3) is 11.0 Å². The van der Waals surface area contributed by atoms with Crippen molar-refractivity contribution in [2.45, 2.75) is 18.7 Å². The van der Waals surface area contributed by atoms with Gasteiger partial charge in [0.1, 0.15) is 0 Å². The lowest BCUT2D eigenvalue weighted by Gasteiger charge is -2.11. The molecule has 3 aromatic rings. The second-order valence-electron chi connectivity index (χ2n) is 5.13. The predicted octanol–water partition coefficient (Wildman–Crippen LogP) is 3.05. The average molecular weight is 313 g/mol. The van der Waals surface area contributed by atoms with Gasteiger partial charge < -0.3 is 0 Å². The van der Waals surface area contributed by atoms with Gasteiger partial charge in [-0.1, -0.05) is 17.7 Å². The quantitative estimate of drug-likeness (QED) is 0.806. The van der Waals surface area contributed by atoms with Crippen LogP contribution >= 0.6 is 0 Å². The number of fused-ring (bicyclic) bond motifs is 1. The minimum absolute atomic E-state index is 0.275. The zero-order chi connectivity index (χ0) is 15.7. The van der Waals surface area contributed by atoms with Crippen molar-refractivity contribution >= 4 is 26.7 Å². The molecule has 0 aliphatic heterocycles. The molecule has 0 spiro atoms. The normalized spacial score (nSPS) is 11.5. The van der Waals surface area contributed by atoms with Gasteiger partial charge in [-0.2, -0.15) is 0 Å². The Morgan fingerprint density at radius 3 is 2.36 bits per heavy atom. The van der Waals surface area contributed by atoms with Crippen LogP contribution in [0, 0.1) is 13.8 Å². The van der Waals surface area contributed by atoms with Gasteiger partial charge >= 0.3 is 0 Å². The maximum Gasteiger partial charge on any atom is 0.262 e. The summed E-state index contributed by atoms with van der Waals surface area (Å²) in [6.45, 7) is 3.71. The smallest absolute Gasteiger partial charge is 0.262 e. The lowest BCUT2D eigenvalue weighted by Crippen LogP contribution is -2.14. The van der Waals surface area contributed by atoms with Gasteiger partial charge in [0.2, 0.25) is 0 Å². The number of hydrogen-bond acceptors (Lipinski definition) is 4. The van der Waals surface area contributed by atoms with Gasteiger partial charge in [-0.05, 0) is 43.7 Å². The van der Waals surface area contributed by atoms with Crippen molar-refractivity contribution in [3.63, 3.8) is 0 Å². The molecule has 0 aliphatic carbocycles. The fraction of sp³-hybridized carbons (Fsp3) is 0.125. The number of aromatic nitrogens is 2. The van der Waals surface area contributed by atoms with Crippen molar-refractivity contribution in [1.29, 1.82) is 0 Å². The summed E-state index contributed by atoms with van der Waals surface area (Å²) in [5.41, 5.74) is 3.57. The third-order valence-corrected chi connectivity index (χ3v) is 4.88. The number of nitrogens with zero attached hydrogens (tertiary/aromatic N) is 2. The zero-order valence-electron chi connectivity index (χ0n) is 12.2. The SMILES string of the molecule is Cc1ccc(S(=O)(=O)Nc2ccc3nccnc3c2)c(C)c1. The Balaban J connectivity index is 1.99. The summed E-state index contributed by atoms with van der Waals surface area (Å²) in [6.07, 6.45) is 3.17. The largest absolute Gasteiger partial charge is 0.280 e. The molecule has 0 aliphatic rings. The van der Waals surface area contributed by atoms with Crippen LogP contribution in [0.4, 0.5) is 5.69 Å². The molecule has 2 aromatic carbocycles. The van der Waals surface area contributed by atoms with Crippen molar-refractivity contribution in [2.75, 3.05) is 4.72 Å². The van der Waals surface area contributed by atoms with Crippen LogP contribution in [0.3, 0.4) is 0 Å². The maximum absolute atomic E-state index is 12.5. The number of sulfonamides is 1. The molecule has 0 atom stereocenters. The molecular weight excluding hydrogens is 298 g/mol. The van der Waals surface area contributed by atoms with E-state index in [1.54, 1.807) is 49.6 Å². The first-order valence-corrected chi connectivity index (χ1v) is 8.25. The van der Waals surface area contributed by atoms with Gasteiger partial charge in [-0.25, -0.2) is 8.42 Å². The highest BCUT2D eigenvalue weighted by Gasteiger charge is 2.17. The summed E-state index contributed by atoms with van der Waals surface area (Å²) in [7, 11) is -3.63. The number of aryl methyl sites for hydroxylation is 2. The van der Waals surface area contributed by atoms with E-state index >= 15 is 0 Å². The lowest BCUT2D eigenvalue weighted by molar-refractivity contribution is 0.600. The number of hydrogen-bond donors (Lipinski definition) is 1. The van der Waals surface area contributed by atoms with Crippen LogP contribution in [-0.2, 0) is 10.0 Å². The maximum atomic E-state index is 12.5. The Morgan fingerprint density at radius 1 is 0.909 bits per heavy atom. The van der Waals surface area contributed by atoms with E-state index < -0.39 is 10.0 Å². The molecular formula is C16H15N3O2S. The fourth-order valence-corrected chi connectivity index (χ4v) is 3.61. The van der Waals surface area contributed by atoms with E-state index in [1.165, 1.54) is 0 Å². The Hall–Kier alpha value is -2.47. The van der Waals surface area contributed by atoms with Gasteiger partial charge in [-0.15, -0.1) is 0 Å². The molecule has 1 aromatic heterocycles. The van der Waals surface area contributed by atoms with Gasteiger partial charge in [0, 0.05) is 12.4 Å². The highest BCUT2D eigenvalue weighted by atomic mass is 32.2. The molecule has 1 heterocycles. The Kier molecular flexibility index (Phi) is 3.54. The summed E-state index contributed by atoms with van der Waals surface area (Å²) in [5.74, 6) is 0.